The van der Waals surface area contributed by atoms with Crippen molar-refractivity contribution in [1.82, 2.24) is 14.8 Å². The molecule has 1 fully saturated rings. The van der Waals surface area contributed by atoms with Gasteiger partial charge in [0.15, 0.2) is 0 Å². The Morgan fingerprint density at radius 3 is 2.38 bits per heavy atom. The summed E-state index contributed by atoms with van der Waals surface area (Å²) in [6.07, 6.45) is 9.59. The number of hydrogen-bond acceptors (Lipinski definition) is 3. The zero-order chi connectivity index (χ0) is 23.5. The second kappa shape index (κ2) is 9.53. The monoisotopic (exact) mass is 459 g/mol. The van der Waals surface area contributed by atoms with E-state index >= 15 is 0 Å². The number of nitrogens with zero attached hydrogens (tertiary/aromatic N) is 2. The summed E-state index contributed by atoms with van der Waals surface area (Å²) in [5, 5.41) is 3.33. The molecule has 2 aliphatic rings. The number of fused-ring (bicyclic) bond motifs is 1. The van der Waals surface area contributed by atoms with Gasteiger partial charge in [0.05, 0.1) is 19.4 Å². The van der Waals surface area contributed by atoms with E-state index in [4.69, 9.17) is 4.42 Å². The van der Waals surface area contributed by atoms with Gasteiger partial charge in [0.2, 0.25) is 5.91 Å². The molecule has 3 heterocycles. The van der Waals surface area contributed by atoms with Crippen LogP contribution in [0.5, 0.6) is 0 Å². The van der Waals surface area contributed by atoms with Crippen LogP contribution in [0.1, 0.15) is 68.1 Å². The first-order valence-corrected chi connectivity index (χ1v) is 12.5. The van der Waals surface area contributed by atoms with Gasteiger partial charge in [0.1, 0.15) is 17.0 Å². The largest absolute Gasteiger partial charge is 0.467 e. The highest BCUT2D eigenvalue weighted by atomic mass is 16.3. The van der Waals surface area contributed by atoms with Gasteiger partial charge in [-0.2, -0.15) is 0 Å². The van der Waals surface area contributed by atoms with Crippen LogP contribution in [0.4, 0.5) is 0 Å². The lowest BCUT2D eigenvalue weighted by Crippen LogP contribution is -2.64. The van der Waals surface area contributed by atoms with Crippen molar-refractivity contribution in [3.8, 4) is 11.3 Å². The van der Waals surface area contributed by atoms with Crippen LogP contribution in [-0.4, -0.2) is 32.9 Å². The van der Waals surface area contributed by atoms with Gasteiger partial charge >= 0.3 is 0 Å². The second-order valence-electron chi connectivity index (χ2n) is 9.82. The van der Waals surface area contributed by atoms with Crippen molar-refractivity contribution in [2.24, 2.45) is 0 Å². The van der Waals surface area contributed by atoms with Gasteiger partial charge in [-0.25, -0.2) is 0 Å². The molecule has 1 N–H and O–H groups in total. The fraction of sp³-hybridized carbons (Fsp3) is 0.429. The van der Waals surface area contributed by atoms with Crippen molar-refractivity contribution in [3.05, 3.63) is 72.3 Å². The van der Waals surface area contributed by atoms with Gasteiger partial charge in [-0.05, 0) is 49.6 Å². The van der Waals surface area contributed by atoms with Crippen LogP contribution in [0.15, 0.2) is 65.3 Å². The molecule has 6 nitrogen and oxygen atoms in total. The summed E-state index contributed by atoms with van der Waals surface area (Å²) in [6.45, 7) is 2.54. The van der Waals surface area contributed by atoms with Crippen molar-refractivity contribution >= 4 is 11.8 Å². The summed E-state index contributed by atoms with van der Waals surface area (Å²) in [5.41, 5.74) is 1.54. The van der Waals surface area contributed by atoms with Gasteiger partial charge in [0, 0.05) is 11.7 Å². The topological polar surface area (TPSA) is 67.5 Å². The highest BCUT2D eigenvalue weighted by Gasteiger charge is 2.48. The molecule has 0 unspecified atom stereocenters. The van der Waals surface area contributed by atoms with E-state index < -0.39 is 5.54 Å². The smallest absolute Gasteiger partial charge is 0.271 e. The third kappa shape index (κ3) is 4.29. The van der Waals surface area contributed by atoms with E-state index in [2.05, 4.69) is 5.32 Å². The Hall–Kier alpha value is -3.28. The summed E-state index contributed by atoms with van der Waals surface area (Å²) >= 11 is 0. The fourth-order valence-electron chi connectivity index (χ4n) is 5.38. The van der Waals surface area contributed by atoms with Gasteiger partial charge in [-0.15, -0.1) is 0 Å². The molecule has 1 aliphatic heterocycles. The average molecular weight is 460 g/mol. The Labute approximate surface area is 200 Å². The molecule has 0 radical (unpaired) electrons. The van der Waals surface area contributed by atoms with E-state index in [9.17, 15) is 9.59 Å². The number of benzene rings is 1. The first-order chi connectivity index (χ1) is 16.6. The third-order valence-corrected chi connectivity index (χ3v) is 7.40. The lowest BCUT2D eigenvalue weighted by atomic mass is 9.92. The highest BCUT2D eigenvalue weighted by molar-refractivity contribution is 6.00. The Morgan fingerprint density at radius 2 is 1.68 bits per heavy atom. The van der Waals surface area contributed by atoms with Crippen LogP contribution in [0.25, 0.3) is 11.3 Å². The van der Waals surface area contributed by atoms with E-state index in [0.717, 1.165) is 36.9 Å². The normalized spacial score (nSPS) is 21.6. The molecular weight excluding hydrogens is 426 g/mol. The average Bonchev–Trinajstić information content (AvgIpc) is 3.49. The molecule has 6 heteroatoms. The van der Waals surface area contributed by atoms with Gasteiger partial charge < -0.3 is 19.2 Å². The highest BCUT2D eigenvalue weighted by Crippen LogP contribution is 2.34. The van der Waals surface area contributed by atoms with Crippen molar-refractivity contribution in [3.63, 3.8) is 0 Å². The Balaban J connectivity index is 1.49. The Morgan fingerprint density at radius 1 is 0.971 bits per heavy atom. The first-order valence-electron chi connectivity index (χ1n) is 12.5. The predicted molar refractivity (Wildman–Crippen MR) is 131 cm³/mol. The predicted octanol–water partition coefficient (Wildman–Crippen LogP) is 5.39. The quantitative estimate of drug-likeness (QED) is 0.556. The SMILES string of the molecule is C[C@]1(C(=O)NC2CCCCCCC2)Cn2c(ccc2-c2ccccc2)C(=O)N1Cc1ccco1. The maximum atomic E-state index is 13.9. The van der Waals surface area contributed by atoms with E-state index in [1.165, 1.54) is 19.3 Å². The molecule has 1 aromatic carbocycles. The Bertz CT molecular complexity index is 1130. The van der Waals surface area contributed by atoms with Gasteiger partial charge in [-0.3, -0.25) is 9.59 Å². The molecular formula is C28H33N3O3. The molecule has 5 rings (SSSR count). The fourth-order valence-corrected chi connectivity index (χ4v) is 5.38. The number of hydrogen-bond donors (Lipinski definition) is 1. The van der Waals surface area contributed by atoms with E-state index in [1.54, 1.807) is 11.2 Å². The van der Waals surface area contributed by atoms with Gasteiger partial charge in [0.25, 0.3) is 5.91 Å². The lowest BCUT2D eigenvalue weighted by Gasteiger charge is -2.44. The number of aromatic nitrogens is 1. The van der Waals surface area contributed by atoms with Crippen molar-refractivity contribution in [2.75, 3.05) is 0 Å². The minimum Gasteiger partial charge on any atom is -0.467 e. The summed E-state index contributed by atoms with van der Waals surface area (Å²) in [5.74, 6) is 0.429. The number of carbonyl (C=O) groups excluding carboxylic acids is 2. The number of carbonyl (C=O) groups is 2. The standard InChI is InChI=1S/C28H33N3O3/c1-28(27(33)29-22-13-8-3-2-4-9-14-22)20-30-24(21-11-6-5-7-12-21)16-17-25(30)26(32)31(28)19-23-15-10-18-34-23/h5-7,10-12,15-18,22H,2-4,8-9,13-14,19-20H2,1H3,(H,29,33)/t28-/m1/s1. The molecule has 0 spiro atoms. The summed E-state index contributed by atoms with van der Waals surface area (Å²) < 4.78 is 7.58. The third-order valence-electron chi connectivity index (χ3n) is 7.40. The molecule has 1 saturated carbocycles. The van der Waals surface area contributed by atoms with Crippen LogP contribution < -0.4 is 5.32 Å². The number of rotatable bonds is 5. The van der Waals surface area contributed by atoms with E-state index in [0.29, 0.717) is 18.0 Å². The van der Waals surface area contributed by atoms with Crippen molar-refractivity contribution in [2.45, 2.75) is 76.5 Å². The minimum absolute atomic E-state index is 0.0867. The maximum Gasteiger partial charge on any atom is 0.271 e. The van der Waals surface area contributed by atoms with Crippen LogP contribution in [0, 0.1) is 0 Å². The lowest BCUT2D eigenvalue weighted by molar-refractivity contribution is -0.134. The van der Waals surface area contributed by atoms with Gasteiger partial charge in [-0.1, -0.05) is 62.4 Å². The molecule has 3 aromatic rings. The van der Waals surface area contributed by atoms with Crippen LogP contribution >= 0.6 is 0 Å². The summed E-state index contributed by atoms with van der Waals surface area (Å²) in [6, 6.07) is 17.7. The molecule has 0 saturated heterocycles. The molecule has 2 amide bonds. The molecule has 1 aliphatic carbocycles. The first kappa shape index (κ1) is 22.5. The summed E-state index contributed by atoms with van der Waals surface area (Å²) in [7, 11) is 0. The minimum atomic E-state index is -1.04. The number of furan rings is 1. The van der Waals surface area contributed by atoms with Crippen LogP contribution in [0.2, 0.25) is 0 Å². The maximum absolute atomic E-state index is 13.9. The molecule has 0 bridgehead atoms. The zero-order valence-electron chi connectivity index (χ0n) is 19.8. The second-order valence-corrected chi connectivity index (χ2v) is 9.82. The molecule has 34 heavy (non-hydrogen) atoms. The van der Waals surface area contributed by atoms with Crippen molar-refractivity contribution in [1.29, 1.82) is 0 Å². The molecule has 2 aromatic heterocycles. The van der Waals surface area contributed by atoms with Crippen LogP contribution in [-0.2, 0) is 17.9 Å². The zero-order valence-corrected chi connectivity index (χ0v) is 19.8. The van der Waals surface area contributed by atoms with E-state index in [1.807, 2.05) is 66.1 Å². The molecule has 1 atom stereocenters. The molecule has 178 valence electrons. The van der Waals surface area contributed by atoms with E-state index in [-0.39, 0.29) is 24.4 Å². The van der Waals surface area contributed by atoms with Crippen molar-refractivity contribution < 1.29 is 14.0 Å². The van der Waals surface area contributed by atoms with Crippen LogP contribution in [0.3, 0.4) is 0 Å². The number of nitrogens with one attached hydrogen (secondary N) is 1. The summed E-state index contributed by atoms with van der Waals surface area (Å²) in [4.78, 5) is 29.4. The number of amides is 2. The Kier molecular flexibility index (Phi) is 6.31.